The van der Waals surface area contributed by atoms with Gasteiger partial charge in [-0.3, -0.25) is 4.79 Å². The van der Waals surface area contributed by atoms with Crippen LogP contribution in [0.15, 0.2) is 29.2 Å². The van der Waals surface area contributed by atoms with Gasteiger partial charge in [-0.1, -0.05) is 24.6 Å². The van der Waals surface area contributed by atoms with Gasteiger partial charge in [0.1, 0.15) is 5.54 Å². The summed E-state index contributed by atoms with van der Waals surface area (Å²) in [5.74, 6) is 0.906. The second kappa shape index (κ2) is 5.97. The molecule has 3 nitrogen and oxygen atoms in total. The summed E-state index contributed by atoms with van der Waals surface area (Å²) in [5.41, 5.74) is 6.38. The average molecular weight is 278 g/mol. The number of carbonyl (C=O) groups is 1. The van der Waals surface area contributed by atoms with Crippen molar-refractivity contribution in [3.8, 4) is 0 Å². The van der Waals surface area contributed by atoms with E-state index in [1.165, 1.54) is 10.5 Å². The zero-order valence-electron chi connectivity index (χ0n) is 11.6. The standard InChI is InChI=1S/C15H22N2OS/c1-3-17-15(14(16)18,12-7-8-12)10-19-13-6-4-5-11(2)9-13/h4-6,9,12,17H,3,7-8,10H2,1-2H3,(H2,16,18). The highest BCUT2D eigenvalue weighted by Gasteiger charge is 2.49. The third-order valence-corrected chi connectivity index (χ3v) is 4.85. The van der Waals surface area contributed by atoms with Crippen LogP contribution in [-0.2, 0) is 4.79 Å². The Hall–Kier alpha value is -1.00. The molecule has 2 rings (SSSR count). The number of amides is 1. The lowest BCUT2D eigenvalue weighted by atomic mass is 9.94. The Balaban J connectivity index is 2.10. The van der Waals surface area contributed by atoms with Gasteiger partial charge in [0.25, 0.3) is 0 Å². The van der Waals surface area contributed by atoms with Crippen LogP contribution in [0.4, 0.5) is 0 Å². The monoisotopic (exact) mass is 278 g/mol. The normalized spacial score (nSPS) is 18.0. The molecule has 0 spiro atoms. The number of thioether (sulfide) groups is 1. The van der Waals surface area contributed by atoms with Gasteiger partial charge in [0, 0.05) is 10.6 Å². The highest BCUT2D eigenvalue weighted by Crippen LogP contribution is 2.42. The van der Waals surface area contributed by atoms with Crippen molar-refractivity contribution in [2.75, 3.05) is 12.3 Å². The minimum atomic E-state index is -0.539. The maximum absolute atomic E-state index is 11.9. The smallest absolute Gasteiger partial charge is 0.238 e. The molecule has 0 bridgehead atoms. The molecule has 1 saturated carbocycles. The van der Waals surface area contributed by atoms with E-state index in [1.807, 2.05) is 13.0 Å². The van der Waals surface area contributed by atoms with Gasteiger partial charge < -0.3 is 11.1 Å². The van der Waals surface area contributed by atoms with Crippen LogP contribution in [0.5, 0.6) is 0 Å². The van der Waals surface area contributed by atoms with Crippen LogP contribution in [0.1, 0.15) is 25.3 Å². The van der Waals surface area contributed by atoms with Gasteiger partial charge in [-0.05, 0) is 44.4 Å². The summed E-state index contributed by atoms with van der Waals surface area (Å²) in [7, 11) is 0. The molecule has 0 saturated heterocycles. The predicted octanol–water partition coefficient (Wildman–Crippen LogP) is 2.33. The highest BCUT2D eigenvalue weighted by molar-refractivity contribution is 7.99. The van der Waals surface area contributed by atoms with Gasteiger partial charge in [-0.15, -0.1) is 11.8 Å². The number of nitrogens with one attached hydrogen (secondary N) is 1. The molecular weight excluding hydrogens is 256 g/mol. The van der Waals surface area contributed by atoms with Crippen molar-refractivity contribution in [2.45, 2.75) is 37.1 Å². The summed E-state index contributed by atoms with van der Waals surface area (Å²) in [5, 5.41) is 3.35. The number of benzene rings is 1. The molecule has 0 radical (unpaired) electrons. The minimum Gasteiger partial charge on any atom is -0.368 e. The molecule has 4 heteroatoms. The van der Waals surface area contributed by atoms with Gasteiger partial charge in [-0.2, -0.15) is 0 Å². The molecule has 1 aromatic carbocycles. The number of nitrogens with two attached hydrogens (primary N) is 1. The summed E-state index contributed by atoms with van der Waals surface area (Å²) in [4.78, 5) is 13.1. The molecule has 1 aromatic rings. The number of aryl methyl sites for hydroxylation is 1. The number of rotatable bonds is 7. The fraction of sp³-hybridized carbons (Fsp3) is 0.533. The molecule has 1 aliphatic rings. The van der Waals surface area contributed by atoms with Crippen molar-refractivity contribution in [2.24, 2.45) is 11.7 Å². The van der Waals surface area contributed by atoms with Gasteiger partial charge >= 0.3 is 0 Å². The van der Waals surface area contributed by atoms with Crippen LogP contribution in [0.2, 0.25) is 0 Å². The number of likely N-dealkylation sites (N-methyl/N-ethyl adjacent to an activating group) is 1. The maximum atomic E-state index is 11.9. The second-order valence-corrected chi connectivity index (χ2v) is 6.29. The van der Waals surface area contributed by atoms with E-state index in [9.17, 15) is 4.79 Å². The van der Waals surface area contributed by atoms with E-state index in [-0.39, 0.29) is 5.91 Å². The Morgan fingerprint density at radius 3 is 2.79 bits per heavy atom. The van der Waals surface area contributed by atoms with E-state index in [2.05, 4.69) is 30.4 Å². The number of hydrogen-bond donors (Lipinski definition) is 2. The van der Waals surface area contributed by atoms with E-state index < -0.39 is 5.54 Å². The van der Waals surface area contributed by atoms with Crippen molar-refractivity contribution in [1.82, 2.24) is 5.32 Å². The van der Waals surface area contributed by atoms with E-state index in [0.29, 0.717) is 11.7 Å². The average Bonchev–Trinajstić information content (AvgIpc) is 3.19. The first-order chi connectivity index (χ1) is 9.08. The third kappa shape index (κ3) is 3.31. The topological polar surface area (TPSA) is 55.1 Å². The van der Waals surface area contributed by atoms with Crippen LogP contribution in [0.3, 0.4) is 0 Å². The first-order valence-corrected chi connectivity index (χ1v) is 7.81. The summed E-state index contributed by atoms with van der Waals surface area (Å²) in [6.07, 6.45) is 2.20. The molecule has 19 heavy (non-hydrogen) atoms. The quantitative estimate of drug-likeness (QED) is 0.753. The van der Waals surface area contributed by atoms with Crippen molar-refractivity contribution in [3.05, 3.63) is 29.8 Å². The zero-order chi connectivity index (χ0) is 13.9. The molecule has 1 atom stereocenters. The second-order valence-electron chi connectivity index (χ2n) is 5.25. The van der Waals surface area contributed by atoms with Crippen LogP contribution < -0.4 is 11.1 Å². The van der Waals surface area contributed by atoms with Crippen molar-refractivity contribution in [3.63, 3.8) is 0 Å². The first kappa shape index (κ1) is 14.4. The minimum absolute atomic E-state index is 0.211. The number of primary amides is 1. The summed E-state index contributed by atoms with van der Waals surface area (Å²) < 4.78 is 0. The summed E-state index contributed by atoms with van der Waals surface area (Å²) >= 11 is 1.71. The molecule has 0 aromatic heterocycles. The summed E-state index contributed by atoms with van der Waals surface area (Å²) in [6.45, 7) is 4.88. The molecule has 1 amide bonds. The largest absolute Gasteiger partial charge is 0.368 e. The first-order valence-electron chi connectivity index (χ1n) is 6.83. The van der Waals surface area contributed by atoms with Crippen molar-refractivity contribution in [1.29, 1.82) is 0 Å². The van der Waals surface area contributed by atoms with Crippen LogP contribution in [-0.4, -0.2) is 23.7 Å². The SMILES string of the molecule is CCNC(CSc1cccc(C)c1)(C(N)=O)C1CC1. The highest BCUT2D eigenvalue weighted by atomic mass is 32.2. The Morgan fingerprint density at radius 2 is 2.26 bits per heavy atom. The van der Waals surface area contributed by atoms with Crippen LogP contribution >= 0.6 is 11.8 Å². The number of hydrogen-bond acceptors (Lipinski definition) is 3. The summed E-state index contributed by atoms with van der Waals surface area (Å²) in [6, 6.07) is 8.36. The van der Waals surface area contributed by atoms with E-state index >= 15 is 0 Å². The lowest BCUT2D eigenvalue weighted by molar-refractivity contribution is -0.124. The Kier molecular flexibility index (Phi) is 4.53. The molecule has 1 aliphatic carbocycles. The fourth-order valence-electron chi connectivity index (χ4n) is 2.47. The Labute approximate surface area is 119 Å². The predicted molar refractivity (Wildman–Crippen MR) is 80.2 cm³/mol. The maximum Gasteiger partial charge on any atom is 0.238 e. The molecule has 3 N–H and O–H groups in total. The lowest BCUT2D eigenvalue weighted by Gasteiger charge is -2.31. The van der Waals surface area contributed by atoms with E-state index in [1.54, 1.807) is 11.8 Å². The number of carbonyl (C=O) groups excluding carboxylic acids is 1. The van der Waals surface area contributed by atoms with Gasteiger partial charge in [0.2, 0.25) is 5.91 Å². The Bertz CT molecular complexity index is 459. The molecule has 1 fully saturated rings. The molecule has 104 valence electrons. The Morgan fingerprint density at radius 1 is 1.53 bits per heavy atom. The van der Waals surface area contributed by atoms with Gasteiger partial charge in [-0.25, -0.2) is 0 Å². The molecular formula is C15H22N2OS. The third-order valence-electron chi connectivity index (χ3n) is 3.66. The molecule has 1 unspecified atom stereocenters. The van der Waals surface area contributed by atoms with Crippen molar-refractivity contribution < 1.29 is 4.79 Å². The fourth-order valence-corrected chi connectivity index (χ4v) is 3.78. The molecule has 0 heterocycles. The van der Waals surface area contributed by atoms with Gasteiger partial charge in [0.15, 0.2) is 0 Å². The van der Waals surface area contributed by atoms with Crippen molar-refractivity contribution >= 4 is 17.7 Å². The van der Waals surface area contributed by atoms with Gasteiger partial charge in [0.05, 0.1) is 0 Å². The van der Waals surface area contributed by atoms with E-state index in [0.717, 1.165) is 19.4 Å². The molecule has 0 aliphatic heterocycles. The van der Waals surface area contributed by atoms with E-state index in [4.69, 9.17) is 5.73 Å². The van der Waals surface area contributed by atoms with Crippen LogP contribution in [0, 0.1) is 12.8 Å². The van der Waals surface area contributed by atoms with Crippen LogP contribution in [0.25, 0.3) is 0 Å². The zero-order valence-corrected chi connectivity index (χ0v) is 12.4. The lowest BCUT2D eigenvalue weighted by Crippen LogP contribution is -2.59.